The summed E-state index contributed by atoms with van der Waals surface area (Å²) in [6.45, 7) is 1.93. The van der Waals surface area contributed by atoms with Crippen LogP contribution in [0.4, 0.5) is 0 Å². The van der Waals surface area contributed by atoms with E-state index in [9.17, 15) is 0 Å². The van der Waals surface area contributed by atoms with E-state index in [1.165, 1.54) is 0 Å². The Morgan fingerprint density at radius 2 is 2.20 bits per heavy atom. The van der Waals surface area contributed by atoms with Crippen LogP contribution < -0.4 is 0 Å². The second kappa shape index (κ2) is 3.21. The average Bonchev–Trinajstić information content (AvgIpc) is 1.88. The van der Waals surface area contributed by atoms with Gasteiger partial charge < -0.3 is 0 Å². The van der Waals surface area contributed by atoms with Crippen molar-refractivity contribution in [2.45, 2.75) is 12.2 Å². The monoisotopic (exact) mass is 174 g/mol. The van der Waals surface area contributed by atoms with Crippen LogP contribution in [-0.4, -0.2) is 10.2 Å². The van der Waals surface area contributed by atoms with Gasteiger partial charge in [0.25, 0.3) is 0 Å². The molecule has 10 heavy (non-hydrogen) atoms. The van der Waals surface area contributed by atoms with Crippen LogP contribution in [-0.2, 0) is 0 Å². The lowest BCUT2D eigenvalue weighted by molar-refractivity contribution is 0.909. The van der Waals surface area contributed by atoms with Crippen LogP contribution in [0.25, 0.3) is 0 Å². The third-order valence-electron chi connectivity index (χ3n) is 1.08. The third-order valence-corrected chi connectivity index (χ3v) is 1.55. The van der Waals surface area contributed by atoms with Crippen LogP contribution in [0.1, 0.15) is 17.9 Å². The Morgan fingerprint density at radius 1 is 1.50 bits per heavy atom. The van der Waals surface area contributed by atoms with E-state index in [1.54, 1.807) is 6.07 Å². The van der Waals surface area contributed by atoms with Gasteiger partial charge in [-0.1, -0.05) is 11.6 Å². The summed E-state index contributed by atoms with van der Waals surface area (Å²) >= 11 is 9.69. The molecule has 0 spiro atoms. The Balaban J connectivity index is 2.89. The molecule has 1 aromatic rings. The van der Waals surface area contributed by atoms with Crippen molar-refractivity contribution < 1.29 is 0 Å². The molecule has 1 aromatic heterocycles. The van der Waals surface area contributed by atoms with E-state index in [0.29, 0.717) is 5.15 Å². The first-order valence-electron chi connectivity index (χ1n) is 2.87. The summed E-state index contributed by atoms with van der Waals surface area (Å²) in [5.74, 6) is 0. The van der Waals surface area contributed by atoms with E-state index >= 15 is 0 Å². The van der Waals surface area contributed by atoms with E-state index in [1.807, 2.05) is 13.0 Å². The van der Waals surface area contributed by atoms with Crippen LogP contribution in [0.5, 0.6) is 0 Å². The van der Waals surface area contributed by atoms with E-state index in [4.69, 9.17) is 11.6 Å². The van der Waals surface area contributed by atoms with Crippen LogP contribution in [0, 0.1) is 0 Å². The number of hydrogen-bond donors (Lipinski definition) is 1. The van der Waals surface area contributed by atoms with Crippen molar-refractivity contribution in [2.24, 2.45) is 0 Å². The second-order valence-corrected chi connectivity index (χ2v) is 3.12. The zero-order valence-corrected chi connectivity index (χ0v) is 7.10. The summed E-state index contributed by atoms with van der Waals surface area (Å²) in [4.78, 5) is 0. The van der Waals surface area contributed by atoms with Crippen molar-refractivity contribution in [2.75, 3.05) is 0 Å². The minimum absolute atomic E-state index is 0.116. The maximum atomic E-state index is 5.52. The SMILES string of the molecule is CC(S)c1ccc(Cl)nn1. The number of thiol groups is 1. The zero-order chi connectivity index (χ0) is 7.56. The van der Waals surface area contributed by atoms with Crippen LogP contribution in [0.15, 0.2) is 12.1 Å². The highest BCUT2D eigenvalue weighted by atomic mass is 35.5. The second-order valence-electron chi connectivity index (χ2n) is 1.96. The minimum Gasteiger partial charge on any atom is -0.170 e. The highest BCUT2D eigenvalue weighted by Gasteiger charge is 2.00. The Labute approximate surface area is 70.0 Å². The van der Waals surface area contributed by atoms with Gasteiger partial charge in [0, 0.05) is 5.25 Å². The van der Waals surface area contributed by atoms with Crippen molar-refractivity contribution in [1.82, 2.24) is 10.2 Å². The third kappa shape index (κ3) is 1.85. The molecule has 0 saturated carbocycles. The first-order valence-corrected chi connectivity index (χ1v) is 3.77. The fraction of sp³-hybridized carbons (Fsp3) is 0.333. The highest BCUT2D eigenvalue weighted by Crippen LogP contribution is 2.15. The number of aromatic nitrogens is 2. The fourth-order valence-electron chi connectivity index (χ4n) is 0.549. The lowest BCUT2D eigenvalue weighted by Crippen LogP contribution is -1.91. The predicted molar refractivity (Wildman–Crippen MR) is 44.4 cm³/mol. The molecule has 0 amide bonds. The summed E-state index contributed by atoms with van der Waals surface area (Å²) in [5.41, 5.74) is 0.840. The van der Waals surface area contributed by atoms with Crippen molar-refractivity contribution in [3.63, 3.8) is 0 Å². The Bertz CT molecular complexity index is 209. The summed E-state index contributed by atoms with van der Waals surface area (Å²) in [7, 11) is 0. The van der Waals surface area contributed by atoms with Gasteiger partial charge in [0.2, 0.25) is 0 Å². The molecule has 0 aromatic carbocycles. The molecule has 1 rings (SSSR count). The van der Waals surface area contributed by atoms with Gasteiger partial charge in [-0.05, 0) is 19.1 Å². The van der Waals surface area contributed by atoms with Crippen LogP contribution in [0.2, 0.25) is 5.15 Å². The Hall–Kier alpha value is -0.280. The minimum atomic E-state index is 0.116. The zero-order valence-electron chi connectivity index (χ0n) is 5.45. The first kappa shape index (κ1) is 7.82. The van der Waals surface area contributed by atoms with Crippen molar-refractivity contribution in [3.05, 3.63) is 23.0 Å². The van der Waals surface area contributed by atoms with E-state index in [2.05, 4.69) is 22.8 Å². The summed E-state index contributed by atoms with van der Waals surface area (Å²) in [6.07, 6.45) is 0. The molecule has 0 N–H and O–H groups in total. The molecule has 0 aliphatic carbocycles. The topological polar surface area (TPSA) is 25.8 Å². The van der Waals surface area contributed by atoms with Crippen molar-refractivity contribution in [1.29, 1.82) is 0 Å². The number of halogens is 1. The molecule has 0 saturated heterocycles. The smallest absolute Gasteiger partial charge is 0.151 e. The standard InChI is InChI=1S/C6H7ClN2S/c1-4(10)5-2-3-6(7)9-8-5/h2-4,10H,1H3. The molecular formula is C6H7ClN2S. The largest absolute Gasteiger partial charge is 0.170 e. The average molecular weight is 175 g/mol. The molecule has 2 nitrogen and oxygen atoms in total. The highest BCUT2D eigenvalue weighted by molar-refractivity contribution is 7.80. The van der Waals surface area contributed by atoms with Gasteiger partial charge in [0.1, 0.15) is 0 Å². The molecule has 0 fully saturated rings. The van der Waals surface area contributed by atoms with Gasteiger partial charge in [0.15, 0.2) is 5.15 Å². The van der Waals surface area contributed by atoms with Gasteiger partial charge >= 0.3 is 0 Å². The van der Waals surface area contributed by atoms with Gasteiger partial charge in [-0.25, -0.2) is 0 Å². The van der Waals surface area contributed by atoms with Crippen molar-refractivity contribution in [3.8, 4) is 0 Å². The lowest BCUT2D eigenvalue weighted by atomic mass is 10.3. The van der Waals surface area contributed by atoms with Crippen molar-refractivity contribution >= 4 is 24.2 Å². The predicted octanol–water partition coefficient (Wildman–Crippen LogP) is 2.12. The molecule has 54 valence electrons. The first-order chi connectivity index (χ1) is 4.70. The number of hydrogen-bond acceptors (Lipinski definition) is 3. The van der Waals surface area contributed by atoms with Crippen LogP contribution >= 0.6 is 24.2 Å². The molecule has 1 unspecified atom stereocenters. The molecule has 0 aliphatic rings. The number of nitrogens with zero attached hydrogens (tertiary/aromatic N) is 2. The van der Waals surface area contributed by atoms with Gasteiger partial charge in [0.05, 0.1) is 5.69 Å². The molecule has 1 atom stereocenters. The van der Waals surface area contributed by atoms with Gasteiger partial charge in [-0.3, -0.25) is 0 Å². The van der Waals surface area contributed by atoms with Gasteiger partial charge in [-0.2, -0.15) is 17.7 Å². The molecule has 0 radical (unpaired) electrons. The number of rotatable bonds is 1. The Kier molecular flexibility index (Phi) is 2.51. The summed E-state index contributed by atoms with van der Waals surface area (Å²) < 4.78 is 0. The molecular weight excluding hydrogens is 168 g/mol. The maximum Gasteiger partial charge on any atom is 0.151 e. The maximum absolute atomic E-state index is 5.52. The molecule has 0 bridgehead atoms. The quantitative estimate of drug-likeness (QED) is 0.660. The Morgan fingerprint density at radius 3 is 2.60 bits per heavy atom. The summed E-state index contributed by atoms with van der Waals surface area (Å²) in [6, 6.07) is 3.52. The van der Waals surface area contributed by atoms with E-state index in [0.717, 1.165) is 5.69 Å². The van der Waals surface area contributed by atoms with E-state index in [-0.39, 0.29) is 5.25 Å². The van der Waals surface area contributed by atoms with Crippen LogP contribution in [0.3, 0.4) is 0 Å². The molecule has 4 heteroatoms. The summed E-state index contributed by atoms with van der Waals surface area (Å²) in [5, 5.41) is 8.02. The van der Waals surface area contributed by atoms with E-state index < -0.39 is 0 Å². The van der Waals surface area contributed by atoms with Gasteiger partial charge in [-0.15, -0.1) is 5.10 Å². The lowest BCUT2D eigenvalue weighted by Gasteiger charge is -1.99. The normalized spacial score (nSPS) is 13.1. The fourth-order valence-corrected chi connectivity index (χ4v) is 0.788. The molecule has 0 aliphatic heterocycles. The molecule has 1 heterocycles.